The van der Waals surface area contributed by atoms with Crippen LogP contribution in [0, 0.1) is 0 Å². The molecular weight excluding hydrogens is 266 g/mol. The first-order valence-corrected chi connectivity index (χ1v) is 7.31. The molecule has 0 radical (unpaired) electrons. The van der Waals surface area contributed by atoms with Crippen LogP contribution in [0.3, 0.4) is 0 Å². The Morgan fingerprint density at radius 2 is 2.06 bits per heavy atom. The summed E-state index contributed by atoms with van der Waals surface area (Å²) in [6.45, 7) is -0.0426. The highest BCUT2D eigenvalue weighted by molar-refractivity contribution is 8.00. The lowest BCUT2D eigenvalue weighted by Crippen LogP contribution is -2.14. The molecule has 0 aliphatic rings. The summed E-state index contributed by atoms with van der Waals surface area (Å²) in [4.78, 5) is 13.6. The second-order valence-electron chi connectivity index (χ2n) is 3.57. The van der Waals surface area contributed by atoms with Gasteiger partial charge >= 0.3 is 0 Å². The molecule has 94 valence electrons. The van der Waals surface area contributed by atoms with E-state index in [9.17, 15) is 4.79 Å². The van der Waals surface area contributed by atoms with Crippen LogP contribution in [0.5, 0.6) is 0 Å². The Bertz CT molecular complexity index is 511. The molecule has 3 nitrogen and oxygen atoms in total. The Kier molecular flexibility index (Phi) is 4.81. The number of anilines is 1. The lowest BCUT2D eigenvalue weighted by molar-refractivity contribution is -0.113. The number of thiophene rings is 1. The first kappa shape index (κ1) is 13.1. The van der Waals surface area contributed by atoms with Crippen LogP contribution in [0.4, 0.5) is 5.69 Å². The number of carbonyl (C=O) groups excluding carboxylic acids is 1. The van der Waals surface area contributed by atoms with E-state index in [0.717, 1.165) is 9.77 Å². The maximum absolute atomic E-state index is 11.7. The van der Waals surface area contributed by atoms with E-state index in [4.69, 9.17) is 5.11 Å². The summed E-state index contributed by atoms with van der Waals surface area (Å²) >= 11 is 2.93. The Morgan fingerprint density at radius 1 is 1.28 bits per heavy atom. The first-order valence-electron chi connectivity index (χ1n) is 5.44. The third-order valence-electron chi connectivity index (χ3n) is 2.28. The fourth-order valence-electron chi connectivity index (χ4n) is 1.43. The molecule has 0 saturated carbocycles. The molecule has 0 aliphatic carbocycles. The number of aliphatic hydroxyl groups excluding tert-OH is 1. The number of hydrogen-bond donors (Lipinski definition) is 2. The number of carbonyl (C=O) groups is 1. The van der Waals surface area contributed by atoms with Crippen LogP contribution in [0.2, 0.25) is 0 Å². The van der Waals surface area contributed by atoms with E-state index in [1.54, 1.807) is 6.07 Å². The van der Waals surface area contributed by atoms with Gasteiger partial charge in [-0.05, 0) is 23.6 Å². The molecule has 1 aromatic heterocycles. The molecule has 0 aliphatic heterocycles. The smallest absolute Gasteiger partial charge is 0.234 e. The van der Waals surface area contributed by atoms with Gasteiger partial charge in [-0.1, -0.05) is 18.2 Å². The zero-order valence-corrected chi connectivity index (χ0v) is 11.3. The summed E-state index contributed by atoms with van der Waals surface area (Å²) in [6, 6.07) is 11.6. The quantitative estimate of drug-likeness (QED) is 0.827. The summed E-state index contributed by atoms with van der Waals surface area (Å²) < 4.78 is 0. The summed E-state index contributed by atoms with van der Waals surface area (Å²) in [7, 11) is 0. The molecule has 2 N–H and O–H groups in total. The van der Waals surface area contributed by atoms with E-state index in [0.29, 0.717) is 11.4 Å². The molecule has 0 bridgehead atoms. The fourth-order valence-corrected chi connectivity index (χ4v) is 2.83. The highest BCUT2D eigenvalue weighted by atomic mass is 32.2. The van der Waals surface area contributed by atoms with Crippen molar-refractivity contribution >= 4 is 34.7 Å². The van der Waals surface area contributed by atoms with Crippen LogP contribution in [0.25, 0.3) is 0 Å². The number of benzene rings is 1. The molecule has 2 rings (SSSR count). The molecule has 0 spiro atoms. The molecule has 0 fully saturated rings. The average molecular weight is 279 g/mol. The van der Waals surface area contributed by atoms with Crippen molar-refractivity contribution in [2.45, 2.75) is 11.5 Å². The van der Waals surface area contributed by atoms with E-state index in [1.807, 2.05) is 35.7 Å². The third-order valence-corrected chi connectivity index (χ3v) is 4.19. The lowest BCUT2D eigenvalue weighted by atomic mass is 10.4. The molecule has 1 heterocycles. The minimum atomic E-state index is -0.0584. The monoisotopic (exact) mass is 279 g/mol. The summed E-state index contributed by atoms with van der Waals surface area (Å²) in [5.41, 5.74) is 0.709. The molecule has 0 atom stereocenters. The minimum Gasteiger partial charge on any atom is -0.391 e. The third kappa shape index (κ3) is 3.60. The van der Waals surface area contributed by atoms with E-state index in [-0.39, 0.29) is 12.5 Å². The van der Waals surface area contributed by atoms with Crippen molar-refractivity contribution < 1.29 is 9.90 Å². The average Bonchev–Trinajstić information content (AvgIpc) is 2.85. The zero-order valence-electron chi connectivity index (χ0n) is 9.63. The predicted molar refractivity (Wildman–Crippen MR) is 76.0 cm³/mol. The largest absolute Gasteiger partial charge is 0.391 e. The number of nitrogens with one attached hydrogen (secondary N) is 1. The van der Waals surface area contributed by atoms with Crippen LogP contribution in [-0.2, 0) is 11.4 Å². The van der Waals surface area contributed by atoms with Gasteiger partial charge < -0.3 is 10.4 Å². The predicted octanol–water partition coefficient (Wildman–Crippen LogP) is 2.97. The van der Waals surface area contributed by atoms with Crippen molar-refractivity contribution in [3.8, 4) is 0 Å². The second-order valence-corrected chi connectivity index (χ2v) is 5.61. The van der Waals surface area contributed by atoms with Crippen molar-refractivity contribution in [1.29, 1.82) is 0 Å². The van der Waals surface area contributed by atoms with Crippen LogP contribution < -0.4 is 5.32 Å². The van der Waals surface area contributed by atoms with Gasteiger partial charge in [0.05, 0.1) is 22.9 Å². The topological polar surface area (TPSA) is 49.3 Å². The molecular formula is C13H13NO2S2. The molecule has 0 saturated heterocycles. The number of hydrogen-bond acceptors (Lipinski definition) is 4. The first-order chi connectivity index (χ1) is 8.79. The Balaban J connectivity index is 1.86. The summed E-state index contributed by atoms with van der Waals surface area (Å²) in [5, 5.41) is 13.7. The standard InChI is InChI=1S/C13H13NO2S2/c15-8-12-11(6-7-17-12)14-13(16)9-18-10-4-2-1-3-5-10/h1-7,15H,8-9H2,(H,14,16). The minimum absolute atomic E-state index is 0.0426. The van der Waals surface area contributed by atoms with Crippen LogP contribution >= 0.6 is 23.1 Å². The van der Waals surface area contributed by atoms with Gasteiger partial charge in [0.15, 0.2) is 0 Å². The summed E-state index contributed by atoms with van der Waals surface area (Å²) in [5.74, 6) is 0.307. The van der Waals surface area contributed by atoms with Crippen molar-refractivity contribution in [1.82, 2.24) is 0 Å². The Morgan fingerprint density at radius 3 is 2.78 bits per heavy atom. The molecule has 0 unspecified atom stereocenters. The van der Waals surface area contributed by atoms with Gasteiger partial charge in [0.2, 0.25) is 5.91 Å². The Hall–Kier alpha value is -1.30. The maximum atomic E-state index is 11.7. The van der Waals surface area contributed by atoms with E-state index in [1.165, 1.54) is 23.1 Å². The molecule has 2 aromatic rings. The van der Waals surface area contributed by atoms with Crippen LogP contribution in [0.1, 0.15) is 4.88 Å². The fraction of sp³-hybridized carbons (Fsp3) is 0.154. The van der Waals surface area contributed by atoms with Gasteiger partial charge in [-0.25, -0.2) is 0 Å². The lowest BCUT2D eigenvalue weighted by Gasteiger charge is -2.05. The van der Waals surface area contributed by atoms with Gasteiger partial charge in [-0.2, -0.15) is 0 Å². The van der Waals surface area contributed by atoms with Gasteiger partial charge in [0.25, 0.3) is 0 Å². The van der Waals surface area contributed by atoms with Crippen molar-refractivity contribution in [2.75, 3.05) is 11.1 Å². The summed E-state index contributed by atoms with van der Waals surface area (Å²) in [6.07, 6.45) is 0. The number of amides is 1. The number of rotatable bonds is 5. The Labute approximate surface area is 114 Å². The van der Waals surface area contributed by atoms with Crippen LogP contribution in [0.15, 0.2) is 46.7 Å². The van der Waals surface area contributed by atoms with Crippen molar-refractivity contribution in [3.05, 3.63) is 46.7 Å². The van der Waals surface area contributed by atoms with E-state index in [2.05, 4.69) is 5.32 Å². The molecule has 5 heteroatoms. The van der Waals surface area contributed by atoms with Gasteiger partial charge in [-0.15, -0.1) is 23.1 Å². The number of thioether (sulfide) groups is 1. The maximum Gasteiger partial charge on any atom is 0.234 e. The normalized spacial score (nSPS) is 10.3. The van der Waals surface area contributed by atoms with Gasteiger partial charge in [0, 0.05) is 4.90 Å². The number of aliphatic hydroxyl groups is 1. The van der Waals surface area contributed by atoms with Gasteiger partial charge in [-0.3, -0.25) is 4.79 Å². The van der Waals surface area contributed by atoms with Crippen LogP contribution in [-0.4, -0.2) is 16.8 Å². The zero-order chi connectivity index (χ0) is 12.8. The molecule has 1 aromatic carbocycles. The van der Waals surface area contributed by atoms with Crippen molar-refractivity contribution in [2.24, 2.45) is 0 Å². The molecule has 18 heavy (non-hydrogen) atoms. The highest BCUT2D eigenvalue weighted by Gasteiger charge is 2.07. The van der Waals surface area contributed by atoms with Gasteiger partial charge in [0.1, 0.15) is 0 Å². The van der Waals surface area contributed by atoms with Crippen molar-refractivity contribution in [3.63, 3.8) is 0 Å². The van der Waals surface area contributed by atoms with E-state index < -0.39 is 0 Å². The highest BCUT2D eigenvalue weighted by Crippen LogP contribution is 2.23. The second kappa shape index (κ2) is 6.58. The van der Waals surface area contributed by atoms with E-state index >= 15 is 0 Å². The SMILES string of the molecule is O=C(CSc1ccccc1)Nc1ccsc1CO. The molecule has 1 amide bonds.